The fourth-order valence-corrected chi connectivity index (χ4v) is 4.05. The Hall–Kier alpha value is -3.81. The van der Waals surface area contributed by atoms with Crippen molar-refractivity contribution in [3.05, 3.63) is 93.8 Å². The van der Waals surface area contributed by atoms with Gasteiger partial charge in [0.15, 0.2) is 11.6 Å². The lowest BCUT2D eigenvalue weighted by molar-refractivity contribution is -0.140. The number of halogens is 3. The Bertz CT molecular complexity index is 1420. The van der Waals surface area contributed by atoms with Crippen LogP contribution in [0.3, 0.4) is 0 Å². The summed E-state index contributed by atoms with van der Waals surface area (Å²) in [6.07, 6.45) is 1.48. The van der Waals surface area contributed by atoms with Gasteiger partial charge in [0.2, 0.25) is 0 Å². The number of nitrogens with zero attached hydrogens (tertiary/aromatic N) is 2. The minimum atomic E-state index is -1.05. The molecule has 0 saturated carbocycles. The van der Waals surface area contributed by atoms with E-state index in [2.05, 4.69) is 0 Å². The molecule has 0 spiro atoms. The van der Waals surface area contributed by atoms with E-state index in [9.17, 15) is 27.9 Å². The SMILES string of the molecule is Cc1c(-c2ccc(=O)n(Cc3cccc(F)c3F)c2)c2cc(F)ccc2n1[C@@H](C)C(=O)O. The molecule has 8 heteroatoms. The summed E-state index contributed by atoms with van der Waals surface area (Å²) in [5.74, 6) is -3.58. The van der Waals surface area contributed by atoms with Gasteiger partial charge < -0.3 is 14.2 Å². The predicted octanol–water partition coefficient (Wildman–Crippen LogP) is 4.89. The summed E-state index contributed by atoms with van der Waals surface area (Å²) in [7, 11) is 0. The maximum Gasteiger partial charge on any atom is 0.326 e. The number of hydrogen-bond donors (Lipinski definition) is 1. The van der Waals surface area contributed by atoms with Gasteiger partial charge in [0.25, 0.3) is 5.56 Å². The highest BCUT2D eigenvalue weighted by atomic mass is 19.2. The molecule has 1 N–H and O–H groups in total. The van der Waals surface area contributed by atoms with Crippen LogP contribution in [0.4, 0.5) is 13.2 Å². The van der Waals surface area contributed by atoms with Crippen molar-refractivity contribution < 1.29 is 23.1 Å². The second kappa shape index (κ2) is 8.03. The molecule has 1 atom stereocenters. The first kappa shape index (κ1) is 21.4. The molecule has 32 heavy (non-hydrogen) atoms. The standard InChI is InChI=1S/C24H19F3N2O3/c1-13-22(18-10-17(25)7-8-20(18)29(13)14(2)24(31)32)15-6-9-21(30)28(11-15)12-16-4-3-5-19(26)23(16)27/h3-11,14H,12H2,1-2H3,(H,31,32)/t14-/m0/s1. The van der Waals surface area contributed by atoms with Crippen LogP contribution >= 0.6 is 0 Å². The van der Waals surface area contributed by atoms with E-state index in [1.54, 1.807) is 17.6 Å². The molecular formula is C24H19F3N2O3. The van der Waals surface area contributed by atoms with E-state index >= 15 is 0 Å². The normalized spacial score (nSPS) is 12.3. The second-order valence-electron chi connectivity index (χ2n) is 7.60. The quantitative estimate of drug-likeness (QED) is 0.481. The van der Waals surface area contributed by atoms with Gasteiger partial charge in [-0.25, -0.2) is 18.0 Å². The Kier molecular flexibility index (Phi) is 5.38. The number of carbonyl (C=O) groups is 1. The molecule has 0 aliphatic carbocycles. The first-order valence-corrected chi connectivity index (χ1v) is 9.85. The molecule has 0 bridgehead atoms. The fraction of sp³-hybridized carbons (Fsp3) is 0.167. The number of benzene rings is 2. The van der Waals surface area contributed by atoms with E-state index in [0.29, 0.717) is 27.7 Å². The highest BCUT2D eigenvalue weighted by Crippen LogP contribution is 2.36. The maximum absolute atomic E-state index is 14.1. The predicted molar refractivity (Wildman–Crippen MR) is 114 cm³/mol. The van der Waals surface area contributed by atoms with Crippen LogP contribution in [0.2, 0.25) is 0 Å². The Morgan fingerprint density at radius 2 is 1.84 bits per heavy atom. The summed E-state index contributed by atoms with van der Waals surface area (Å²) < 4.78 is 44.6. The third-order valence-corrected chi connectivity index (χ3v) is 5.60. The summed E-state index contributed by atoms with van der Waals surface area (Å²) in [4.78, 5) is 24.1. The summed E-state index contributed by atoms with van der Waals surface area (Å²) in [5.41, 5.74) is 1.76. The molecule has 4 rings (SSSR count). The van der Waals surface area contributed by atoms with Gasteiger partial charge in [0.05, 0.1) is 6.54 Å². The Morgan fingerprint density at radius 3 is 2.56 bits per heavy atom. The van der Waals surface area contributed by atoms with Gasteiger partial charge in [-0.2, -0.15) is 0 Å². The van der Waals surface area contributed by atoms with E-state index in [1.807, 2.05) is 0 Å². The van der Waals surface area contributed by atoms with Crippen LogP contribution in [0.25, 0.3) is 22.0 Å². The number of carboxylic acids is 1. The van der Waals surface area contributed by atoms with E-state index in [4.69, 9.17) is 0 Å². The molecular weight excluding hydrogens is 421 g/mol. The molecule has 0 aliphatic heterocycles. The highest BCUT2D eigenvalue weighted by molar-refractivity contribution is 5.99. The third kappa shape index (κ3) is 3.57. The molecule has 4 aromatic rings. The number of rotatable bonds is 5. The van der Waals surface area contributed by atoms with Crippen molar-refractivity contribution >= 4 is 16.9 Å². The average molecular weight is 440 g/mol. The fourth-order valence-electron chi connectivity index (χ4n) is 4.05. The van der Waals surface area contributed by atoms with Crippen LogP contribution in [-0.4, -0.2) is 20.2 Å². The minimum absolute atomic E-state index is 0.00828. The van der Waals surface area contributed by atoms with Gasteiger partial charge in [-0.3, -0.25) is 4.79 Å². The zero-order chi connectivity index (χ0) is 23.2. The van der Waals surface area contributed by atoms with Crippen molar-refractivity contribution in [1.29, 1.82) is 0 Å². The lowest BCUT2D eigenvalue weighted by atomic mass is 10.0. The second-order valence-corrected chi connectivity index (χ2v) is 7.60. The number of hydrogen-bond acceptors (Lipinski definition) is 2. The summed E-state index contributed by atoms with van der Waals surface area (Å²) in [6.45, 7) is 3.04. The molecule has 0 saturated heterocycles. The van der Waals surface area contributed by atoms with Crippen LogP contribution in [0.1, 0.15) is 24.2 Å². The zero-order valence-electron chi connectivity index (χ0n) is 17.3. The van der Waals surface area contributed by atoms with Crippen molar-refractivity contribution in [2.24, 2.45) is 0 Å². The average Bonchev–Trinajstić information content (AvgIpc) is 3.03. The summed E-state index contributed by atoms with van der Waals surface area (Å²) in [5, 5.41) is 10.0. The largest absolute Gasteiger partial charge is 0.480 e. The molecule has 2 heterocycles. The van der Waals surface area contributed by atoms with Crippen LogP contribution < -0.4 is 5.56 Å². The van der Waals surface area contributed by atoms with Gasteiger partial charge in [0, 0.05) is 45.6 Å². The van der Waals surface area contributed by atoms with E-state index in [-0.39, 0.29) is 12.1 Å². The van der Waals surface area contributed by atoms with Gasteiger partial charge in [-0.15, -0.1) is 0 Å². The van der Waals surface area contributed by atoms with Gasteiger partial charge >= 0.3 is 5.97 Å². The number of fused-ring (bicyclic) bond motifs is 1. The van der Waals surface area contributed by atoms with Crippen LogP contribution in [0.15, 0.2) is 59.5 Å². The molecule has 2 aromatic carbocycles. The lowest BCUT2D eigenvalue weighted by Gasteiger charge is -2.14. The molecule has 0 unspecified atom stereocenters. The van der Waals surface area contributed by atoms with Crippen molar-refractivity contribution in [3.8, 4) is 11.1 Å². The molecule has 0 aliphatic rings. The minimum Gasteiger partial charge on any atom is -0.480 e. The lowest BCUT2D eigenvalue weighted by Crippen LogP contribution is -2.20. The van der Waals surface area contributed by atoms with Crippen molar-refractivity contribution in [1.82, 2.24) is 9.13 Å². The summed E-state index contributed by atoms with van der Waals surface area (Å²) in [6, 6.07) is 9.74. The van der Waals surface area contributed by atoms with Gasteiger partial charge in [0.1, 0.15) is 11.9 Å². The van der Waals surface area contributed by atoms with Gasteiger partial charge in [-0.1, -0.05) is 12.1 Å². The third-order valence-electron chi connectivity index (χ3n) is 5.60. The molecule has 5 nitrogen and oxygen atoms in total. The van der Waals surface area contributed by atoms with Crippen molar-refractivity contribution in [2.45, 2.75) is 26.4 Å². The number of aliphatic carboxylic acids is 1. The van der Waals surface area contributed by atoms with Gasteiger partial charge in [-0.05, 0) is 44.2 Å². The van der Waals surface area contributed by atoms with Crippen LogP contribution in [0.5, 0.6) is 0 Å². The number of aromatic nitrogens is 2. The summed E-state index contributed by atoms with van der Waals surface area (Å²) >= 11 is 0. The van der Waals surface area contributed by atoms with Crippen molar-refractivity contribution in [3.63, 3.8) is 0 Å². The first-order chi connectivity index (χ1) is 15.2. The Balaban J connectivity index is 1.92. The Labute approximate surface area is 181 Å². The van der Waals surface area contributed by atoms with Crippen LogP contribution in [-0.2, 0) is 11.3 Å². The molecule has 164 valence electrons. The van der Waals surface area contributed by atoms with E-state index in [1.165, 1.54) is 54.1 Å². The number of carboxylic acid groups (broad SMARTS) is 1. The molecule has 0 amide bonds. The molecule has 0 radical (unpaired) electrons. The van der Waals surface area contributed by atoms with E-state index < -0.39 is 35.0 Å². The Morgan fingerprint density at radius 1 is 1.09 bits per heavy atom. The van der Waals surface area contributed by atoms with E-state index in [0.717, 1.165) is 6.07 Å². The first-order valence-electron chi connectivity index (χ1n) is 9.85. The molecule has 0 fully saturated rings. The monoisotopic (exact) mass is 440 g/mol. The molecule has 2 aromatic heterocycles. The number of pyridine rings is 1. The zero-order valence-corrected chi connectivity index (χ0v) is 17.3. The smallest absolute Gasteiger partial charge is 0.326 e. The van der Waals surface area contributed by atoms with Crippen molar-refractivity contribution in [2.75, 3.05) is 0 Å². The highest BCUT2D eigenvalue weighted by Gasteiger charge is 2.23. The topological polar surface area (TPSA) is 64.2 Å². The maximum atomic E-state index is 14.1. The van der Waals surface area contributed by atoms with Crippen LogP contribution in [0, 0.1) is 24.4 Å².